The molecule has 3 aromatic rings. The van der Waals surface area contributed by atoms with E-state index in [4.69, 9.17) is 0 Å². The number of benzene rings is 2. The molecule has 0 aliphatic carbocycles. The lowest BCUT2D eigenvalue weighted by atomic mass is 9.97. The van der Waals surface area contributed by atoms with Crippen LogP contribution in [0.3, 0.4) is 0 Å². The number of rotatable bonds is 7. The zero-order valence-corrected chi connectivity index (χ0v) is 16.4. The summed E-state index contributed by atoms with van der Waals surface area (Å²) in [5, 5.41) is 4.58. The lowest BCUT2D eigenvalue weighted by Gasteiger charge is -2.15. The maximum Gasteiger partial charge on any atom is 0.147 e. The van der Waals surface area contributed by atoms with Crippen LogP contribution in [0.2, 0.25) is 0 Å². The van der Waals surface area contributed by atoms with Crippen LogP contribution in [0, 0.1) is 6.92 Å². The first-order valence-electron chi connectivity index (χ1n) is 9.84. The van der Waals surface area contributed by atoms with Gasteiger partial charge in [0, 0.05) is 6.42 Å². The van der Waals surface area contributed by atoms with Crippen LogP contribution in [0.4, 0.5) is 0 Å². The Morgan fingerprint density at radius 3 is 2.50 bits per heavy atom. The van der Waals surface area contributed by atoms with Gasteiger partial charge in [-0.15, -0.1) is 0 Å². The molecule has 0 radical (unpaired) electrons. The molecule has 4 rings (SSSR count). The second-order valence-electron chi connectivity index (χ2n) is 7.09. The molecule has 0 bridgehead atoms. The van der Waals surface area contributed by atoms with Crippen LogP contribution in [0.5, 0.6) is 0 Å². The summed E-state index contributed by atoms with van der Waals surface area (Å²) in [6.07, 6.45) is 3.29. The van der Waals surface area contributed by atoms with Gasteiger partial charge in [0.1, 0.15) is 17.8 Å². The highest BCUT2D eigenvalue weighted by molar-refractivity contribution is 5.68. The lowest BCUT2D eigenvalue weighted by molar-refractivity contribution is 0.556. The molecule has 1 aromatic heterocycles. The maximum absolute atomic E-state index is 4.59. The molecular formula is C21H27N7. The summed E-state index contributed by atoms with van der Waals surface area (Å²) in [5.74, 6) is 1.92. The molecule has 0 unspecified atom stereocenters. The zero-order valence-electron chi connectivity index (χ0n) is 16.4. The standard InChI is InChI=1S/C21H27N7/c1-3-4-9-20-22-15(2)25-28(20)14-16-10-12-17(13-11-16)18-7-5-6-8-19(18)21-23-26-27-24-21/h5-8,10-13,21,23-24,26-27H,3-4,9,14H2,1-2H3. The zero-order chi connectivity index (χ0) is 19.3. The summed E-state index contributed by atoms with van der Waals surface area (Å²) in [7, 11) is 0. The van der Waals surface area contributed by atoms with E-state index in [0.29, 0.717) is 0 Å². The molecule has 4 N–H and O–H groups in total. The highest BCUT2D eigenvalue weighted by atomic mass is 15.8. The molecule has 1 saturated heterocycles. The Labute approximate surface area is 165 Å². The Hall–Kier alpha value is -2.58. The Kier molecular flexibility index (Phi) is 5.78. The third kappa shape index (κ3) is 4.13. The predicted molar refractivity (Wildman–Crippen MR) is 110 cm³/mol. The highest BCUT2D eigenvalue weighted by Gasteiger charge is 2.18. The van der Waals surface area contributed by atoms with Gasteiger partial charge in [-0.25, -0.2) is 20.5 Å². The minimum Gasteiger partial charge on any atom is -0.245 e. The van der Waals surface area contributed by atoms with Gasteiger partial charge in [-0.2, -0.15) is 16.2 Å². The number of aryl methyl sites for hydroxylation is 2. The summed E-state index contributed by atoms with van der Waals surface area (Å²) < 4.78 is 2.04. The molecule has 0 spiro atoms. The summed E-state index contributed by atoms with van der Waals surface area (Å²) in [6.45, 7) is 4.91. The molecule has 2 aromatic carbocycles. The fourth-order valence-electron chi connectivity index (χ4n) is 3.53. The molecule has 1 aliphatic heterocycles. The van der Waals surface area contributed by atoms with Gasteiger partial charge in [-0.3, -0.25) is 0 Å². The van der Waals surface area contributed by atoms with E-state index in [1.807, 2.05) is 11.6 Å². The predicted octanol–water partition coefficient (Wildman–Crippen LogP) is 2.76. The Bertz CT molecular complexity index is 911. The number of hydrazine groups is 3. The van der Waals surface area contributed by atoms with Crippen LogP contribution in [0.25, 0.3) is 11.1 Å². The molecule has 0 saturated carbocycles. The highest BCUT2D eigenvalue weighted by Crippen LogP contribution is 2.28. The quantitative estimate of drug-likeness (QED) is 0.507. The van der Waals surface area contributed by atoms with E-state index in [-0.39, 0.29) is 6.17 Å². The molecule has 7 nitrogen and oxygen atoms in total. The minimum atomic E-state index is 0.00937. The fraction of sp³-hybridized carbons (Fsp3) is 0.333. The summed E-state index contributed by atoms with van der Waals surface area (Å²) in [4.78, 5) is 4.59. The molecule has 28 heavy (non-hydrogen) atoms. The fourth-order valence-corrected chi connectivity index (χ4v) is 3.53. The number of unbranched alkanes of at least 4 members (excludes halogenated alkanes) is 1. The molecule has 0 amide bonds. The van der Waals surface area contributed by atoms with Crippen LogP contribution < -0.4 is 21.9 Å². The average Bonchev–Trinajstić information content (AvgIpc) is 3.37. The number of hydrogen-bond acceptors (Lipinski definition) is 6. The van der Waals surface area contributed by atoms with Crippen molar-refractivity contribution in [1.29, 1.82) is 0 Å². The van der Waals surface area contributed by atoms with Crippen LogP contribution in [-0.4, -0.2) is 14.8 Å². The third-order valence-electron chi connectivity index (χ3n) is 4.97. The first-order chi connectivity index (χ1) is 13.7. The summed E-state index contributed by atoms with van der Waals surface area (Å²) in [5.41, 5.74) is 16.9. The first kappa shape index (κ1) is 18.8. The van der Waals surface area contributed by atoms with Crippen molar-refractivity contribution in [2.45, 2.75) is 45.8 Å². The number of nitrogens with one attached hydrogen (secondary N) is 4. The minimum absolute atomic E-state index is 0.00937. The van der Waals surface area contributed by atoms with E-state index < -0.39 is 0 Å². The van der Waals surface area contributed by atoms with Crippen molar-refractivity contribution in [2.24, 2.45) is 0 Å². The van der Waals surface area contributed by atoms with Gasteiger partial charge >= 0.3 is 0 Å². The molecule has 1 aliphatic rings. The number of nitrogens with zero attached hydrogens (tertiary/aromatic N) is 3. The first-order valence-corrected chi connectivity index (χ1v) is 9.84. The Morgan fingerprint density at radius 2 is 1.75 bits per heavy atom. The molecular weight excluding hydrogens is 350 g/mol. The lowest BCUT2D eigenvalue weighted by Crippen LogP contribution is -2.33. The van der Waals surface area contributed by atoms with Crippen molar-refractivity contribution in [3.8, 4) is 11.1 Å². The SMILES string of the molecule is CCCCc1nc(C)nn1Cc1ccc(-c2ccccc2C2NNNN2)cc1. The van der Waals surface area contributed by atoms with E-state index in [9.17, 15) is 0 Å². The number of hydrogen-bond donors (Lipinski definition) is 4. The van der Waals surface area contributed by atoms with Crippen molar-refractivity contribution in [2.75, 3.05) is 0 Å². The van der Waals surface area contributed by atoms with Gasteiger partial charge in [0.25, 0.3) is 0 Å². The topological polar surface area (TPSA) is 78.8 Å². The monoisotopic (exact) mass is 377 g/mol. The summed E-state index contributed by atoms with van der Waals surface area (Å²) >= 11 is 0. The molecule has 146 valence electrons. The second kappa shape index (κ2) is 8.62. The smallest absolute Gasteiger partial charge is 0.147 e. The Morgan fingerprint density at radius 1 is 1.00 bits per heavy atom. The van der Waals surface area contributed by atoms with Crippen LogP contribution >= 0.6 is 0 Å². The van der Waals surface area contributed by atoms with Crippen molar-refractivity contribution >= 4 is 0 Å². The third-order valence-corrected chi connectivity index (χ3v) is 4.97. The Balaban J connectivity index is 1.54. The van der Waals surface area contributed by atoms with E-state index >= 15 is 0 Å². The molecule has 0 atom stereocenters. The normalized spacial score (nSPS) is 14.6. The van der Waals surface area contributed by atoms with E-state index in [0.717, 1.165) is 37.5 Å². The maximum atomic E-state index is 4.59. The van der Waals surface area contributed by atoms with Gasteiger partial charge in [-0.1, -0.05) is 61.9 Å². The van der Waals surface area contributed by atoms with Crippen LogP contribution in [0.15, 0.2) is 48.5 Å². The van der Waals surface area contributed by atoms with E-state index in [1.54, 1.807) is 0 Å². The van der Waals surface area contributed by atoms with E-state index in [2.05, 4.69) is 87.5 Å². The molecule has 1 fully saturated rings. The van der Waals surface area contributed by atoms with Gasteiger partial charge in [0.05, 0.1) is 6.54 Å². The largest absolute Gasteiger partial charge is 0.245 e. The molecule has 2 heterocycles. The van der Waals surface area contributed by atoms with Crippen molar-refractivity contribution < 1.29 is 0 Å². The average molecular weight is 377 g/mol. The van der Waals surface area contributed by atoms with Crippen LogP contribution in [-0.2, 0) is 13.0 Å². The van der Waals surface area contributed by atoms with Crippen molar-refractivity contribution in [3.63, 3.8) is 0 Å². The van der Waals surface area contributed by atoms with Gasteiger partial charge in [0.2, 0.25) is 0 Å². The van der Waals surface area contributed by atoms with Crippen molar-refractivity contribution in [1.82, 2.24) is 36.7 Å². The van der Waals surface area contributed by atoms with Gasteiger partial charge in [-0.05, 0) is 35.6 Å². The van der Waals surface area contributed by atoms with Gasteiger partial charge < -0.3 is 0 Å². The number of aromatic nitrogens is 3. The van der Waals surface area contributed by atoms with E-state index in [1.165, 1.54) is 22.3 Å². The second-order valence-corrected chi connectivity index (χ2v) is 7.09. The van der Waals surface area contributed by atoms with Crippen LogP contribution in [0.1, 0.15) is 48.7 Å². The van der Waals surface area contributed by atoms with Crippen molar-refractivity contribution in [3.05, 3.63) is 71.3 Å². The summed E-state index contributed by atoms with van der Waals surface area (Å²) in [6, 6.07) is 17.1. The molecule has 7 heteroatoms. The van der Waals surface area contributed by atoms with Gasteiger partial charge in [0.15, 0.2) is 0 Å².